The molecule has 6 nitrogen and oxygen atoms in total. The molecule has 1 aliphatic rings. The monoisotopic (exact) mass is 397 g/mol. The summed E-state index contributed by atoms with van der Waals surface area (Å²) in [7, 11) is 0. The summed E-state index contributed by atoms with van der Waals surface area (Å²) < 4.78 is 11.5. The molecule has 0 aliphatic carbocycles. The first-order valence-electron chi connectivity index (χ1n) is 9.87. The van der Waals surface area contributed by atoms with Crippen molar-refractivity contribution in [2.75, 3.05) is 19.8 Å². The summed E-state index contributed by atoms with van der Waals surface area (Å²) in [6.45, 7) is 5.78. The Labute approximate surface area is 171 Å². The summed E-state index contributed by atoms with van der Waals surface area (Å²) in [6.07, 6.45) is 0.0704. The molecular weight excluding hydrogens is 370 g/mol. The summed E-state index contributed by atoms with van der Waals surface area (Å²) >= 11 is 0. The zero-order valence-electron chi connectivity index (χ0n) is 16.8. The van der Waals surface area contributed by atoms with Crippen LogP contribution in [-0.4, -0.2) is 41.6 Å². The van der Waals surface area contributed by atoms with Crippen LogP contribution < -0.4 is 9.47 Å². The van der Waals surface area contributed by atoms with Gasteiger partial charge in [-0.15, -0.1) is 0 Å². The lowest BCUT2D eigenvalue weighted by Gasteiger charge is -2.16. The minimum Gasteiger partial charge on any atom is -0.490 e. The number of rotatable bonds is 9. The highest BCUT2D eigenvalue weighted by Crippen LogP contribution is 2.22. The number of carbonyl (C=O) groups is 2. The van der Waals surface area contributed by atoms with Gasteiger partial charge in [0.2, 0.25) is 5.91 Å². The van der Waals surface area contributed by atoms with Gasteiger partial charge in [-0.3, -0.25) is 9.59 Å². The minimum absolute atomic E-state index is 0.0704. The van der Waals surface area contributed by atoms with Crippen LogP contribution in [-0.2, 0) is 16.1 Å². The molecule has 1 saturated heterocycles. The predicted molar refractivity (Wildman–Crippen MR) is 109 cm³/mol. The maximum absolute atomic E-state index is 12.0. The number of carboxylic acid groups (broad SMARTS) is 1. The largest absolute Gasteiger partial charge is 0.490 e. The Morgan fingerprint density at radius 1 is 1.10 bits per heavy atom. The van der Waals surface area contributed by atoms with E-state index in [1.165, 1.54) is 5.56 Å². The van der Waals surface area contributed by atoms with Crippen LogP contribution in [0.2, 0.25) is 0 Å². The van der Waals surface area contributed by atoms with E-state index in [0.717, 1.165) is 11.3 Å². The highest BCUT2D eigenvalue weighted by molar-refractivity contribution is 5.86. The molecule has 29 heavy (non-hydrogen) atoms. The molecule has 6 heteroatoms. The van der Waals surface area contributed by atoms with E-state index < -0.39 is 11.9 Å². The van der Waals surface area contributed by atoms with E-state index in [2.05, 4.69) is 26.0 Å². The molecule has 1 heterocycles. The van der Waals surface area contributed by atoms with Crippen molar-refractivity contribution in [3.63, 3.8) is 0 Å². The van der Waals surface area contributed by atoms with E-state index in [1.807, 2.05) is 36.4 Å². The van der Waals surface area contributed by atoms with Crippen molar-refractivity contribution in [3.8, 4) is 11.5 Å². The van der Waals surface area contributed by atoms with Gasteiger partial charge in [0.25, 0.3) is 0 Å². The van der Waals surface area contributed by atoms with Crippen molar-refractivity contribution in [1.82, 2.24) is 4.90 Å². The molecule has 1 N–H and O–H groups in total. The molecule has 0 radical (unpaired) electrons. The van der Waals surface area contributed by atoms with Gasteiger partial charge in [0.05, 0.1) is 5.92 Å². The number of carbonyl (C=O) groups excluding carboxylic acids is 1. The van der Waals surface area contributed by atoms with Gasteiger partial charge in [-0.05, 0) is 41.3 Å². The van der Waals surface area contributed by atoms with E-state index in [1.54, 1.807) is 4.90 Å². The number of ether oxygens (including phenoxy) is 2. The molecule has 2 aromatic rings. The van der Waals surface area contributed by atoms with Gasteiger partial charge < -0.3 is 19.5 Å². The average Bonchev–Trinajstić information content (AvgIpc) is 3.07. The molecule has 3 rings (SSSR count). The van der Waals surface area contributed by atoms with Gasteiger partial charge in [0.1, 0.15) is 24.7 Å². The summed E-state index contributed by atoms with van der Waals surface area (Å²) in [5.41, 5.74) is 2.18. The first-order valence-corrected chi connectivity index (χ1v) is 9.87. The number of benzene rings is 2. The van der Waals surface area contributed by atoms with Crippen molar-refractivity contribution in [2.24, 2.45) is 5.92 Å². The average molecular weight is 397 g/mol. The number of carboxylic acids is 1. The number of hydrogen-bond donors (Lipinski definition) is 1. The molecule has 1 amide bonds. The van der Waals surface area contributed by atoms with E-state index in [4.69, 9.17) is 14.6 Å². The van der Waals surface area contributed by atoms with Gasteiger partial charge in [-0.1, -0.05) is 38.1 Å². The van der Waals surface area contributed by atoms with Gasteiger partial charge in [0, 0.05) is 19.5 Å². The van der Waals surface area contributed by atoms with Crippen LogP contribution in [0.25, 0.3) is 0 Å². The van der Waals surface area contributed by atoms with Gasteiger partial charge in [-0.25, -0.2) is 0 Å². The SMILES string of the molecule is CC(C)c1ccc(OCCOc2cccc(CN3CC(C(=O)O)CC3=O)c2)cc1. The lowest BCUT2D eigenvalue weighted by atomic mass is 10.0. The normalized spacial score (nSPS) is 16.3. The van der Waals surface area contributed by atoms with Crippen molar-refractivity contribution in [2.45, 2.75) is 32.7 Å². The summed E-state index contributed by atoms with van der Waals surface area (Å²) in [6, 6.07) is 15.6. The Morgan fingerprint density at radius 2 is 1.79 bits per heavy atom. The number of nitrogens with zero attached hydrogens (tertiary/aromatic N) is 1. The first kappa shape index (κ1) is 20.7. The zero-order valence-corrected chi connectivity index (χ0v) is 16.8. The van der Waals surface area contributed by atoms with Crippen LogP contribution in [0.15, 0.2) is 48.5 Å². The Balaban J connectivity index is 1.46. The van der Waals surface area contributed by atoms with E-state index in [-0.39, 0.29) is 18.9 Å². The van der Waals surface area contributed by atoms with E-state index in [9.17, 15) is 9.59 Å². The molecule has 1 aliphatic heterocycles. The molecule has 1 fully saturated rings. The molecule has 1 unspecified atom stereocenters. The molecule has 0 bridgehead atoms. The van der Waals surface area contributed by atoms with Crippen LogP contribution in [0, 0.1) is 5.92 Å². The summed E-state index contributed by atoms with van der Waals surface area (Å²) in [4.78, 5) is 24.7. The second kappa shape index (κ2) is 9.45. The quantitative estimate of drug-likeness (QED) is 0.653. The molecule has 2 aromatic carbocycles. The lowest BCUT2D eigenvalue weighted by molar-refractivity contribution is -0.141. The van der Waals surface area contributed by atoms with Crippen LogP contribution in [0.4, 0.5) is 0 Å². The van der Waals surface area contributed by atoms with E-state index >= 15 is 0 Å². The number of hydrogen-bond acceptors (Lipinski definition) is 4. The van der Waals surface area contributed by atoms with E-state index in [0.29, 0.717) is 31.4 Å². The van der Waals surface area contributed by atoms with Crippen LogP contribution in [0.5, 0.6) is 11.5 Å². The molecule has 0 spiro atoms. The maximum atomic E-state index is 12.0. The van der Waals surface area contributed by atoms with Gasteiger partial charge >= 0.3 is 5.97 Å². The highest BCUT2D eigenvalue weighted by Gasteiger charge is 2.34. The van der Waals surface area contributed by atoms with Crippen LogP contribution in [0.1, 0.15) is 37.3 Å². The Bertz CT molecular complexity index is 847. The van der Waals surface area contributed by atoms with Crippen molar-refractivity contribution >= 4 is 11.9 Å². The van der Waals surface area contributed by atoms with Gasteiger partial charge in [0.15, 0.2) is 0 Å². The standard InChI is InChI=1S/C23H27NO5/c1-16(2)18-6-8-20(9-7-18)28-10-11-29-21-5-3-4-17(12-21)14-24-15-19(23(26)27)13-22(24)25/h3-9,12,16,19H,10-11,13-15H2,1-2H3,(H,26,27). The number of likely N-dealkylation sites (tertiary alicyclic amines) is 1. The molecule has 1 atom stereocenters. The molecule has 0 aromatic heterocycles. The zero-order chi connectivity index (χ0) is 20.8. The Kier molecular flexibility index (Phi) is 6.75. The maximum Gasteiger partial charge on any atom is 0.308 e. The smallest absolute Gasteiger partial charge is 0.308 e. The topological polar surface area (TPSA) is 76.1 Å². The van der Waals surface area contributed by atoms with Crippen LogP contribution in [0.3, 0.4) is 0 Å². The fraction of sp³-hybridized carbons (Fsp3) is 0.391. The number of amides is 1. The lowest BCUT2D eigenvalue weighted by Crippen LogP contribution is -2.25. The van der Waals surface area contributed by atoms with Crippen molar-refractivity contribution in [3.05, 3.63) is 59.7 Å². The third-order valence-corrected chi connectivity index (χ3v) is 5.00. The second-order valence-corrected chi connectivity index (χ2v) is 7.58. The Morgan fingerprint density at radius 3 is 2.41 bits per heavy atom. The Hall–Kier alpha value is -3.02. The molecule has 0 saturated carbocycles. The van der Waals surface area contributed by atoms with Crippen molar-refractivity contribution < 1.29 is 24.2 Å². The fourth-order valence-corrected chi connectivity index (χ4v) is 3.31. The molecular formula is C23H27NO5. The second-order valence-electron chi connectivity index (χ2n) is 7.58. The van der Waals surface area contributed by atoms with Crippen LogP contribution >= 0.6 is 0 Å². The third-order valence-electron chi connectivity index (χ3n) is 5.00. The predicted octanol–water partition coefficient (Wildman–Crippen LogP) is 3.70. The summed E-state index contributed by atoms with van der Waals surface area (Å²) in [5.74, 6) is 0.339. The highest BCUT2D eigenvalue weighted by atomic mass is 16.5. The third kappa shape index (κ3) is 5.73. The molecule has 154 valence electrons. The first-order chi connectivity index (χ1) is 13.9. The fourth-order valence-electron chi connectivity index (χ4n) is 3.31. The summed E-state index contributed by atoms with van der Waals surface area (Å²) in [5, 5.41) is 9.09. The minimum atomic E-state index is -0.920. The van der Waals surface area contributed by atoms with Crippen molar-refractivity contribution in [1.29, 1.82) is 0 Å². The number of aliphatic carboxylic acids is 1. The van der Waals surface area contributed by atoms with Gasteiger partial charge in [-0.2, -0.15) is 0 Å².